The predicted octanol–water partition coefficient (Wildman–Crippen LogP) is 6.96. The Bertz CT molecular complexity index is 1770. The third kappa shape index (κ3) is 6.75. The molecule has 4 aromatic rings. The average Bonchev–Trinajstić information content (AvgIpc) is 3.72. The first-order chi connectivity index (χ1) is 22.0. The molecule has 244 valence electrons. The first-order valence-corrected chi connectivity index (χ1v) is 18.9. The van der Waals surface area contributed by atoms with Crippen molar-refractivity contribution >= 4 is 52.9 Å². The summed E-state index contributed by atoms with van der Waals surface area (Å²) >= 11 is 6.58. The van der Waals surface area contributed by atoms with Crippen LogP contribution in [0.15, 0.2) is 42.9 Å². The molecule has 2 saturated heterocycles. The Balaban J connectivity index is 1.32. The van der Waals surface area contributed by atoms with E-state index in [4.69, 9.17) is 21.3 Å². The number of nitrogens with zero attached hydrogens (tertiary/aromatic N) is 6. The Morgan fingerprint density at radius 2 is 1.74 bits per heavy atom. The minimum Gasteiger partial charge on any atom is -0.494 e. The number of ether oxygens (including phenoxy) is 1. The van der Waals surface area contributed by atoms with Crippen molar-refractivity contribution in [2.45, 2.75) is 45.6 Å². The van der Waals surface area contributed by atoms with Crippen LogP contribution in [0.2, 0.25) is 5.02 Å². The van der Waals surface area contributed by atoms with Crippen LogP contribution in [0.3, 0.4) is 0 Å². The number of piperidine rings is 1. The Morgan fingerprint density at radius 1 is 1.00 bits per heavy atom. The molecule has 0 atom stereocenters. The summed E-state index contributed by atoms with van der Waals surface area (Å²) in [6.45, 7) is 12.0. The maximum absolute atomic E-state index is 13.3. The van der Waals surface area contributed by atoms with E-state index < -0.39 is 7.14 Å². The molecule has 12 heteroatoms. The number of aryl methyl sites for hydroxylation is 2. The molecule has 10 nitrogen and oxygen atoms in total. The largest absolute Gasteiger partial charge is 0.494 e. The monoisotopic (exact) mass is 662 g/mol. The van der Waals surface area contributed by atoms with Gasteiger partial charge in [0.25, 0.3) is 0 Å². The van der Waals surface area contributed by atoms with E-state index in [1.165, 1.54) is 25.9 Å². The van der Waals surface area contributed by atoms with E-state index in [9.17, 15) is 4.57 Å². The SMILES string of the molecule is COc1cc(N2CCC(N3CCCC3)CC2)c(-c2cnn(C)c2)cc1Nc1ncc(Cl)c(Nc2ccc(C)c(C)c2P(C)(C)=O)n1. The number of anilines is 5. The summed E-state index contributed by atoms with van der Waals surface area (Å²) in [5.41, 5.74) is 6.73. The first-order valence-electron chi connectivity index (χ1n) is 15.9. The van der Waals surface area contributed by atoms with Gasteiger partial charge in [-0.3, -0.25) is 4.68 Å². The van der Waals surface area contributed by atoms with Crippen LogP contribution in [0.5, 0.6) is 5.75 Å². The number of hydrogen-bond donors (Lipinski definition) is 2. The molecule has 2 fully saturated rings. The third-order valence-electron chi connectivity index (χ3n) is 9.28. The van der Waals surface area contributed by atoms with Gasteiger partial charge in [-0.05, 0) is 89.2 Å². The molecular weight excluding hydrogens is 619 g/mol. The molecule has 46 heavy (non-hydrogen) atoms. The number of rotatable bonds is 9. The zero-order valence-electron chi connectivity index (χ0n) is 27.6. The highest BCUT2D eigenvalue weighted by Gasteiger charge is 2.28. The lowest BCUT2D eigenvalue weighted by Crippen LogP contribution is -2.44. The molecule has 0 bridgehead atoms. The fourth-order valence-corrected chi connectivity index (χ4v) is 8.66. The van der Waals surface area contributed by atoms with Gasteiger partial charge in [-0.1, -0.05) is 17.7 Å². The van der Waals surface area contributed by atoms with E-state index in [0.29, 0.717) is 28.6 Å². The molecule has 2 aromatic heterocycles. The summed E-state index contributed by atoms with van der Waals surface area (Å²) < 4.78 is 21.0. The van der Waals surface area contributed by atoms with Crippen molar-refractivity contribution in [3.05, 3.63) is 59.0 Å². The average molecular weight is 663 g/mol. The second-order valence-electron chi connectivity index (χ2n) is 12.8. The van der Waals surface area contributed by atoms with Crippen molar-refractivity contribution in [2.24, 2.45) is 7.05 Å². The molecule has 2 aromatic carbocycles. The van der Waals surface area contributed by atoms with Crippen LogP contribution in [0, 0.1) is 13.8 Å². The normalized spacial score (nSPS) is 16.2. The van der Waals surface area contributed by atoms with Crippen molar-refractivity contribution in [2.75, 3.05) is 62.2 Å². The lowest BCUT2D eigenvalue weighted by atomic mass is 9.99. The number of likely N-dealkylation sites (tertiary alicyclic amines) is 1. The van der Waals surface area contributed by atoms with Gasteiger partial charge in [-0.2, -0.15) is 10.1 Å². The summed E-state index contributed by atoms with van der Waals surface area (Å²) in [5.74, 6) is 1.45. The lowest BCUT2D eigenvalue weighted by molar-refractivity contribution is 0.208. The summed E-state index contributed by atoms with van der Waals surface area (Å²) in [6.07, 6.45) is 10.4. The van der Waals surface area contributed by atoms with Gasteiger partial charge in [0.05, 0.1) is 30.9 Å². The van der Waals surface area contributed by atoms with Gasteiger partial charge in [-0.25, -0.2) is 4.98 Å². The third-order valence-corrected chi connectivity index (χ3v) is 11.2. The van der Waals surface area contributed by atoms with Crippen LogP contribution in [0.1, 0.15) is 36.8 Å². The van der Waals surface area contributed by atoms with E-state index in [1.54, 1.807) is 26.6 Å². The fraction of sp³-hybridized carbons (Fsp3) is 0.441. The minimum atomic E-state index is -2.60. The number of nitrogens with one attached hydrogen (secondary N) is 2. The van der Waals surface area contributed by atoms with E-state index >= 15 is 0 Å². The zero-order chi connectivity index (χ0) is 32.6. The van der Waals surface area contributed by atoms with Crippen molar-refractivity contribution in [3.63, 3.8) is 0 Å². The van der Waals surface area contributed by atoms with Crippen molar-refractivity contribution < 1.29 is 9.30 Å². The topological polar surface area (TPSA) is 100 Å². The van der Waals surface area contributed by atoms with Crippen LogP contribution < -0.4 is 25.6 Å². The number of aromatic nitrogens is 4. The standard InChI is InChI=1S/C34H44ClN8O2P/c1-22-9-10-28(32(23(22)2)46(5,6)44)38-33-27(35)20-36-34(40-33)39-29-17-26(24-19-37-41(3)21-24)30(18-31(29)45-4)43-15-11-25(12-16-43)42-13-7-8-14-42/h9-10,17-21,25H,7-8,11-16H2,1-6H3,(H2,36,38,39,40). The Kier molecular flexibility index (Phi) is 9.33. The maximum atomic E-state index is 13.3. The van der Waals surface area contributed by atoms with Crippen LogP contribution in [-0.4, -0.2) is 77.3 Å². The molecule has 0 amide bonds. The van der Waals surface area contributed by atoms with Crippen molar-refractivity contribution in [1.82, 2.24) is 24.6 Å². The summed E-state index contributed by atoms with van der Waals surface area (Å²) in [5, 5.41) is 12.3. The first kappa shape index (κ1) is 32.4. The van der Waals surface area contributed by atoms with Gasteiger partial charge in [0.2, 0.25) is 5.95 Å². The van der Waals surface area contributed by atoms with Crippen LogP contribution >= 0.6 is 18.7 Å². The summed E-state index contributed by atoms with van der Waals surface area (Å²) in [6, 6.07) is 8.80. The van der Waals surface area contributed by atoms with Gasteiger partial charge in [0.1, 0.15) is 17.9 Å². The highest BCUT2D eigenvalue weighted by atomic mass is 35.5. The number of benzene rings is 2. The highest BCUT2D eigenvalue weighted by Crippen LogP contribution is 2.43. The van der Waals surface area contributed by atoms with Gasteiger partial charge in [-0.15, -0.1) is 0 Å². The van der Waals surface area contributed by atoms with E-state index in [-0.39, 0.29) is 0 Å². The predicted molar refractivity (Wildman–Crippen MR) is 190 cm³/mol. The number of methoxy groups -OCH3 is 1. The molecule has 0 aliphatic carbocycles. The van der Waals surface area contributed by atoms with E-state index in [2.05, 4.69) is 42.6 Å². The van der Waals surface area contributed by atoms with Gasteiger partial charge >= 0.3 is 0 Å². The van der Waals surface area contributed by atoms with Gasteiger partial charge in [0.15, 0.2) is 5.82 Å². The Labute approximate surface area is 276 Å². The molecule has 4 heterocycles. The second-order valence-corrected chi connectivity index (χ2v) is 16.4. The van der Waals surface area contributed by atoms with Crippen LogP contribution in [0.25, 0.3) is 11.1 Å². The zero-order valence-corrected chi connectivity index (χ0v) is 29.3. The molecule has 2 aliphatic rings. The maximum Gasteiger partial charge on any atom is 0.229 e. The van der Waals surface area contributed by atoms with Crippen LogP contribution in [0.4, 0.5) is 28.8 Å². The van der Waals surface area contributed by atoms with Gasteiger partial charge < -0.3 is 29.7 Å². The summed E-state index contributed by atoms with van der Waals surface area (Å²) in [7, 11) is 1.01. The molecule has 0 unspecified atom stereocenters. The Morgan fingerprint density at radius 3 is 2.39 bits per heavy atom. The van der Waals surface area contributed by atoms with E-state index in [1.807, 2.05) is 50.1 Å². The van der Waals surface area contributed by atoms with Crippen molar-refractivity contribution in [1.29, 1.82) is 0 Å². The molecule has 2 aliphatic heterocycles. The van der Waals surface area contributed by atoms with Crippen molar-refractivity contribution in [3.8, 4) is 16.9 Å². The van der Waals surface area contributed by atoms with Gasteiger partial charge in [0, 0.05) is 60.6 Å². The molecule has 0 saturated carbocycles. The summed E-state index contributed by atoms with van der Waals surface area (Å²) in [4.78, 5) is 14.4. The Hall–Kier alpha value is -3.59. The quantitative estimate of drug-likeness (QED) is 0.184. The fourth-order valence-electron chi connectivity index (χ4n) is 6.83. The number of halogens is 1. The smallest absolute Gasteiger partial charge is 0.229 e. The second kappa shape index (κ2) is 13.3. The molecular formula is C34H44ClN8O2P. The van der Waals surface area contributed by atoms with Crippen LogP contribution in [-0.2, 0) is 11.6 Å². The molecule has 6 rings (SSSR count). The highest BCUT2D eigenvalue weighted by molar-refractivity contribution is 7.70. The number of hydrogen-bond acceptors (Lipinski definition) is 9. The molecule has 2 N–H and O–H groups in total. The van der Waals surface area contributed by atoms with E-state index in [0.717, 1.165) is 70.6 Å². The lowest BCUT2D eigenvalue weighted by Gasteiger charge is -2.38. The molecule has 0 spiro atoms. The molecule has 0 radical (unpaired) electrons. The minimum absolute atomic E-state index is 0.350.